The van der Waals surface area contributed by atoms with Crippen LogP contribution >= 0.6 is 0 Å². The van der Waals surface area contributed by atoms with Crippen LogP contribution in [0.3, 0.4) is 0 Å². The molecule has 0 bridgehead atoms. The second-order valence-electron chi connectivity index (χ2n) is 5.83. The zero-order valence-electron chi connectivity index (χ0n) is 15.4. The molecule has 0 aliphatic carbocycles. The van der Waals surface area contributed by atoms with Gasteiger partial charge in [-0.3, -0.25) is 9.36 Å². The summed E-state index contributed by atoms with van der Waals surface area (Å²) in [5.74, 6) is 0.798. The Balaban J connectivity index is 1.85. The highest BCUT2D eigenvalue weighted by molar-refractivity contribution is 6.06. The third kappa shape index (κ3) is 3.80. The van der Waals surface area contributed by atoms with Crippen LogP contribution in [0, 0.1) is 0 Å². The Hall–Kier alpha value is -3.26. The van der Waals surface area contributed by atoms with E-state index in [2.05, 4.69) is 10.3 Å². The third-order valence-electron chi connectivity index (χ3n) is 4.20. The Labute approximate surface area is 155 Å². The normalized spacial score (nSPS) is 10.8. The zero-order valence-corrected chi connectivity index (χ0v) is 15.4. The van der Waals surface area contributed by atoms with Crippen LogP contribution in [0.25, 0.3) is 11.0 Å². The molecule has 2 aromatic carbocycles. The van der Waals surface area contributed by atoms with E-state index >= 15 is 0 Å². The van der Waals surface area contributed by atoms with Crippen LogP contribution in [-0.2, 0) is 11.3 Å². The van der Waals surface area contributed by atoms with E-state index in [-0.39, 0.29) is 11.6 Å². The van der Waals surface area contributed by atoms with Gasteiger partial charge in [-0.05, 0) is 30.3 Å². The van der Waals surface area contributed by atoms with Gasteiger partial charge < -0.3 is 24.5 Å². The van der Waals surface area contributed by atoms with Crippen LogP contribution < -0.4 is 20.5 Å². The molecule has 8 nitrogen and oxygen atoms in total. The second kappa shape index (κ2) is 7.96. The number of H-pyrrole nitrogens is 1. The first-order valence-corrected chi connectivity index (χ1v) is 8.32. The molecule has 1 amide bonds. The van der Waals surface area contributed by atoms with E-state index in [1.807, 2.05) is 0 Å². The Morgan fingerprint density at radius 1 is 1.07 bits per heavy atom. The summed E-state index contributed by atoms with van der Waals surface area (Å²) in [6, 6.07) is 10.2. The van der Waals surface area contributed by atoms with Gasteiger partial charge in [0, 0.05) is 24.4 Å². The number of fused-ring (bicyclic) bond motifs is 1. The maximum absolute atomic E-state index is 12.6. The first kappa shape index (κ1) is 18.5. The number of methoxy groups -OCH3 is 3. The van der Waals surface area contributed by atoms with Gasteiger partial charge >= 0.3 is 5.69 Å². The number of carbonyl (C=O) groups excluding carboxylic acids is 1. The minimum atomic E-state index is -0.297. The fourth-order valence-electron chi connectivity index (χ4n) is 2.83. The van der Waals surface area contributed by atoms with Gasteiger partial charge in [0.25, 0.3) is 5.91 Å². The van der Waals surface area contributed by atoms with Crippen LogP contribution in [0.2, 0.25) is 0 Å². The molecule has 0 aliphatic heterocycles. The Morgan fingerprint density at radius 2 is 1.85 bits per heavy atom. The highest BCUT2D eigenvalue weighted by atomic mass is 16.5. The summed E-state index contributed by atoms with van der Waals surface area (Å²) in [6.07, 6.45) is 0. The van der Waals surface area contributed by atoms with E-state index < -0.39 is 0 Å². The number of imidazole rings is 1. The van der Waals surface area contributed by atoms with Gasteiger partial charge in [0.1, 0.15) is 0 Å². The summed E-state index contributed by atoms with van der Waals surface area (Å²) in [6.45, 7) is 0.862. The molecule has 0 saturated carbocycles. The number of anilines is 1. The van der Waals surface area contributed by atoms with Crippen LogP contribution in [-0.4, -0.2) is 43.4 Å². The maximum atomic E-state index is 12.6. The number of aromatic nitrogens is 2. The molecule has 0 radical (unpaired) electrons. The van der Waals surface area contributed by atoms with Gasteiger partial charge in [0.15, 0.2) is 11.5 Å². The summed E-state index contributed by atoms with van der Waals surface area (Å²) in [5, 5.41) is 2.81. The summed E-state index contributed by atoms with van der Waals surface area (Å²) in [4.78, 5) is 27.4. The number of nitrogens with one attached hydrogen (secondary N) is 2. The van der Waals surface area contributed by atoms with Crippen LogP contribution in [0.1, 0.15) is 10.4 Å². The monoisotopic (exact) mass is 371 g/mol. The SMILES string of the molecule is COCCn1c(=O)[nH]c2cc(C(=O)Nc3ccc(OC)c(OC)c3)ccc21. The van der Waals surface area contributed by atoms with Crippen molar-refractivity contribution in [3.8, 4) is 11.5 Å². The molecule has 142 valence electrons. The number of hydrogen-bond acceptors (Lipinski definition) is 5. The van der Waals surface area contributed by atoms with E-state index in [1.165, 1.54) is 7.11 Å². The standard InChI is InChI=1S/C19H21N3O5/c1-25-9-8-22-15-6-4-12(10-14(15)21-19(22)24)18(23)20-13-5-7-16(26-2)17(11-13)27-3/h4-7,10-11H,8-9H2,1-3H3,(H,20,23)(H,21,24). The molecule has 27 heavy (non-hydrogen) atoms. The van der Waals surface area contributed by atoms with Crippen molar-refractivity contribution in [3.63, 3.8) is 0 Å². The van der Waals surface area contributed by atoms with E-state index in [0.29, 0.717) is 41.4 Å². The van der Waals surface area contributed by atoms with Crippen molar-refractivity contribution in [1.82, 2.24) is 9.55 Å². The molecule has 0 saturated heterocycles. The first-order valence-electron chi connectivity index (χ1n) is 8.32. The average molecular weight is 371 g/mol. The fourth-order valence-corrected chi connectivity index (χ4v) is 2.83. The number of aromatic amines is 1. The lowest BCUT2D eigenvalue weighted by molar-refractivity contribution is 0.102. The average Bonchev–Trinajstić information content (AvgIpc) is 3.00. The topological polar surface area (TPSA) is 94.6 Å². The number of amides is 1. The number of nitrogens with zero attached hydrogens (tertiary/aromatic N) is 1. The van der Waals surface area contributed by atoms with E-state index in [1.54, 1.807) is 55.2 Å². The van der Waals surface area contributed by atoms with E-state index in [0.717, 1.165) is 5.52 Å². The molecule has 1 aromatic heterocycles. The number of carbonyl (C=O) groups is 1. The molecule has 2 N–H and O–H groups in total. The molecular formula is C19H21N3O5. The summed E-state index contributed by atoms with van der Waals surface area (Å²) >= 11 is 0. The van der Waals surface area contributed by atoms with Gasteiger partial charge in [-0.2, -0.15) is 0 Å². The van der Waals surface area contributed by atoms with Crippen LogP contribution in [0.5, 0.6) is 11.5 Å². The lowest BCUT2D eigenvalue weighted by Gasteiger charge is -2.10. The summed E-state index contributed by atoms with van der Waals surface area (Å²) in [5.41, 5.74) is 2.08. The van der Waals surface area contributed by atoms with E-state index in [4.69, 9.17) is 14.2 Å². The third-order valence-corrected chi connectivity index (χ3v) is 4.20. The summed E-state index contributed by atoms with van der Waals surface area (Å²) in [7, 11) is 4.66. The minimum absolute atomic E-state index is 0.237. The van der Waals surface area contributed by atoms with Gasteiger partial charge in [-0.1, -0.05) is 0 Å². The predicted octanol–water partition coefficient (Wildman–Crippen LogP) is 2.25. The molecule has 0 unspecified atom stereocenters. The largest absolute Gasteiger partial charge is 0.493 e. The van der Waals surface area contributed by atoms with Gasteiger partial charge in [0.2, 0.25) is 0 Å². The van der Waals surface area contributed by atoms with Crippen molar-refractivity contribution >= 4 is 22.6 Å². The summed E-state index contributed by atoms with van der Waals surface area (Å²) < 4.78 is 17.0. The Morgan fingerprint density at radius 3 is 2.56 bits per heavy atom. The second-order valence-corrected chi connectivity index (χ2v) is 5.83. The minimum Gasteiger partial charge on any atom is -0.493 e. The van der Waals surface area contributed by atoms with E-state index in [9.17, 15) is 9.59 Å². The lowest BCUT2D eigenvalue weighted by Crippen LogP contribution is -2.19. The number of hydrogen-bond donors (Lipinski definition) is 2. The van der Waals surface area contributed by atoms with Crippen LogP contribution in [0.15, 0.2) is 41.2 Å². The number of rotatable bonds is 7. The molecule has 0 atom stereocenters. The first-order chi connectivity index (χ1) is 13.1. The molecule has 3 rings (SSSR count). The van der Waals surface area contributed by atoms with Crippen molar-refractivity contribution in [2.24, 2.45) is 0 Å². The Bertz CT molecular complexity index is 1020. The van der Waals surface area contributed by atoms with Gasteiger partial charge in [-0.25, -0.2) is 4.79 Å². The van der Waals surface area contributed by atoms with Crippen LogP contribution in [0.4, 0.5) is 5.69 Å². The van der Waals surface area contributed by atoms with Crippen molar-refractivity contribution in [2.75, 3.05) is 33.3 Å². The fraction of sp³-hybridized carbons (Fsp3) is 0.263. The van der Waals surface area contributed by atoms with Gasteiger partial charge in [-0.15, -0.1) is 0 Å². The number of ether oxygens (including phenoxy) is 3. The van der Waals surface area contributed by atoms with Crippen molar-refractivity contribution < 1.29 is 19.0 Å². The quantitative estimate of drug-likeness (QED) is 0.664. The van der Waals surface area contributed by atoms with Crippen molar-refractivity contribution in [3.05, 3.63) is 52.4 Å². The Kier molecular flexibility index (Phi) is 5.46. The van der Waals surface area contributed by atoms with Crippen molar-refractivity contribution in [2.45, 2.75) is 6.54 Å². The van der Waals surface area contributed by atoms with Gasteiger partial charge in [0.05, 0.1) is 38.4 Å². The molecule has 3 aromatic rings. The smallest absolute Gasteiger partial charge is 0.326 e. The number of benzene rings is 2. The molecule has 8 heteroatoms. The molecule has 0 spiro atoms. The highest BCUT2D eigenvalue weighted by Gasteiger charge is 2.12. The maximum Gasteiger partial charge on any atom is 0.326 e. The predicted molar refractivity (Wildman–Crippen MR) is 102 cm³/mol. The molecule has 0 fully saturated rings. The molecule has 0 aliphatic rings. The molecule has 1 heterocycles. The zero-order chi connectivity index (χ0) is 19.4. The molecular weight excluding hydrogens is 350 g/mol. The highest BCUT2D eigenvalue weighted by Crippen LogP contribution is 2.30. The van der Waals surface area contributed by atoms with Crippen molar-refractivity contribution in [1.29, 1.82) is 0 Å². The lowest BCUT2D eigenvalue weighted by atomic mass is 10.1.